The maximum atomic E-state index is 11.6. The molecule has 3 heterocycles. The molecule has 0 bridgehead atoms. The SMILES string of the molecule is Nc1nc2c(ncn2OCC2COP(=O)(O)CS2)c(=O)[nH]1.[Na]. The number of nitrogens with one attached hydrogen (secondary N) is 1. The van der Waals surface area contributed by atoms with Crippen LogP contribution in [0.5, 0.6) is 0 Å². The van der Waals surface area contributed by atoms with Gasteiger partial charge in [0.1, 0.15) is 12.9 Å². The topological polar surface area (TPSA) is 145 Å². The predicted molar refractivity (Wildman–Crippen MR) is 81.8 cm³/mol. The van der Waals surface area contributed by atoms with Crippen molar-refractivity contribution in [3.05, 3.63) is 16.7 Å². The van der Waals surface area contributed by atoms with E-state index >= 15 is 0 Å². The number of fused-ring (bicyclic) bond motifs is 1. The van der Waals surface area contributed by atoms with Gasteiger partial charge in [0, 0.05) is 29.6 Å². The van der Waals surface area contributed by atoms with Crippen molar-refractivity contribution in [2.75, 3.05) is 24.4 Å². The first-order valence-electron chi connectivity index (χ1n) is 5.89. The summed E-state index contributed by atoms with van der Waals surface area (Å²) in [6.07, 6.45) is 1.32. The number of H-pyrrole nitrogens is 1. The van der Waals surface area contributed by atoms with E-state index in [-0.39, 0.29) is 70.6 Å². The van der Waals surface area contributed by atoms with E-state index in [0.717, 1.165) is 0 Å². The molecular weight excluding hydrogens is 344 g/mol. The number of aromatic nitrogens is 4. The number of nitrogens with two attached hydrogens (primary N) is 1. The third-order valence-corrected chi connectivity index (χ3v) is 5.93. The van der Waals surface area contributed by atoms with Crippen LogP contribution in [0.3, 0.4) is 0 Å². The number of imidazole rings is 1. The van der Waals surface area contributed by atoms with Crippen LogP contribution < -0.4 is 16.1 Å². The van der Waals surface area contributed by atoms with Crippen LogP contribution in [0.4, 0.5) is 5.95 Å². The first-order valence-corrected chi connectivity index (χ1v) is 8.70. The van der Waals surface area contributed by atoms with Crippen molar-refractivity contribution in [3.63, 3.8) is 0 Å². The molecular formula is C9H12N5NaO5PS. The maximum absolute atomic E-state index is 11.6. The van der Waals surface area contributed by atoms with E-state index in [1.165, 1.54) is 22.8 Å². The molecule has 115 valence electrons. The fourth-order valence-corrected chi connectivity index (χ4v) is 4.48. The van der Waals surface area contributed by atoms with Gasteiger partial charge in [0.2, 0.25) is 11.6 Å². The van der Waals surface area contributed by atoms with E-state index < -0.39 is 13.2 Å². The third kappa shape index (κ3) is 3.85. The minimum Gasteiger partial charge on any atom is -0.410 e. The fraction of sp³-hybridized carbons (Fsp3) is 0.444. The Morgan fingerprint density at radius 2 is 2.45 bits per heavy atom. The number of hydrogen-bond acceptors (Lipinski definition) is 8. The minimum absolute atomic E-state index is 0. The largest absolute Gasteiger partial charge is 0.410 e. The van der Waals surface area contributed by atoms with E-state index in [0.29, 0.717) is 0 Å². The molecule has 1 aliphatic heterocycles. The number of aromatic amines is 1. The summed E-state index contributed by atoms with van der Waals surface area (Å²) in [7, 11) is -3.45. The molecule has 0 spiro atoms. The van der Waals surface area contributed by atoms with Crippen LogP contribution in [-0.4, -0.2) is 78.1 Å². The summed E-state index contributed by atoms with van der Waals surface area (Å²) >= 11 is 1.29. The smallest absolute Gasteiger partial charge is 0.337 e. The predicted octanol–water partition coefficient (Wildman–Crippen LogP) is -0.976. The number of anilines is 1. The van der Waals surface area contributed by atoms with Crippen LogP contribution in [0.1, 0.15) is 0 Å². The quantitative estimate of drug-likeness (QED) is 0.467. The number of rotatable bonds is 3. The molecule has 1 fully saturated rings. The van der Waals surface area contributed by atoms with Crippen LogP contribution in [0.2, 0.25) is 0 Å². The molecule has 3 rings (SSSR count). The summed E-state index contributed by atoms with van der Waals surface area (Å²) in [6.45, 7) is 0.325. The molecule has 0 amide bonds. The zero-order chi connectivity index (χ0) is 15.0. The molecule has 2 aromatic rings. The fourth-order valence-electron chi connectivity index (χ4n) is 1.75. The molecule has 0 aliphatic carbocycles. The molecule has 2 aromatic heterocycles. The maximum Gasteiger partial charge on any atom is 0.337 e. The van der Waals surface area contributed by atoms with Gasteiger partial charge in [0.05, 0.1) is 17.4 Å². The summed E-state index contributed by atoms with van der Waals surface area (Å²) in [5.74, 6) is -0.0329. The van der Waals surface area contributed by atoms with Gasteiger partial charge in [-0.3, -0.25) is 14.3 Å². The Balaban J connectivity index is 0.00000176. The number of hydrogen-bond donors (Lipinski definition) is 3. The van der Waals surface area contributed by atoms with Crippen molar-refractivity contribution in [3.8, 4) is 0 Å². The van der Waals surface area contributed by atoms with Gasteiger partial charge in [0.25, 0.3) is 5.56 Å². The van der Waals surface area contributed by atoms with E-state index in [4.69, 9.17) is 15.1 Å². The molecule has 1 saturated heterocycles. The van der Waals surface area contributed by atoms with E-state index in [1.807, 2.05) is 0 Å². The molecule has 13 heteroatoms. The van der Waals surface area contributed by atoms with Crippen LogP contribution in [0, 0.1) is 0 Å². The van der Waals surface area contributed by atoms with E-state index in [2.05, 4.69) is 15.0 Å². The van der Waals surface area contributed by atoms with Gasteiger partial charge in [0.15, 0.2) is 5.52 Å². The molecule has 10 nitrogen and oxygen atoms in total. The standard InChI is InChI=1S/C9H12N5O5PS.Na/c10-9-12-7-6(8(15)13-9)11-3-14(7)18-1-5-2-19-20(16,17)4-21-5;/h3,5H,1-2,4H2,(H,16,17)(H3,10,12,13,15);. The average Bonchev–Trinajstić information content (AvgIpc) is 2.81. The van der Waals surface area contributed by atoms with Crippen molar-refractivity contribution < 1.29 is 18.8 Å². The van der Waals surface area contributed by atoms with Crippen LogP contribution in [-0.2, 0) is 9.09 Å². The molecule has 0 aromatic carbocycles. The first-order chi connectivity index (χ1) is 9.94. The zero-order valence-electron chi connectivity index (χ0n) is 11.6. The number of nitrogens with zero attached hydrogens (tertiary/aromatic N) is 3. The Morgan fingerprint density at radius 1 is 1.68 bits per heavy atom. The molecule has 1 aliphatic rings. The molecule has 0 saturated carbocycles. The van der Waals surface area contributed by atoms with Gasteiger partial charge in [-0.15, -0.1) is 11.8 Å². The summed E-state index contributed by atoms with van der Waals surface area (Å²) in [4.78, 5) is 36.5. The molecule has 4 N–H and O–H groups in total. The van der Waals surface area contributed by atoms with Crippen molar-refractivity contribution in [2.24, 2.45) is 0 Å². The second kappa shape index (κ2) is 6.91. The average molecular weight is 356 g/mol. The second-order valence-corrected chi connectivity index (χ2v) is 7.91. The van der Waals surface area contributed by atoms with Gasteiger partial charge in [-0.1, -0.05) is 0 Å². The van der Waals surface area contributed by atoms with Crippen molar-refractivity contribution in [1.82, 2.24) is 19.7 Å². The van der Waals surface area contributed by atoms with Crippen LogP contribution >= 0.6 is 19.4 Å². The zero-order valence-corrected chi connectivity index (χ0v) is 15.3. The van der Waals surface area contributed by atoms with Gasteiger partial charge in [-0.05, 0) is 0 Å². The Labute approximate surface area is 150 Å². The van der Waals surface area contributed by atoms with Crippen molar-refractivity contribution in [1.29, 1.82) is 0 Å². The normalized spacial score (nSPS) is 24.9. The summed E-state index contributed by atoms with van der Waals surface area (Å²) in [6, 6.07) is 0. The van der Waals surface area contributed by atoms with Gasteiger partial charge < -0.3 is 20.0 Å². The van der Waals surface area contributed by atoms with Gasteiger partial charge in [-0.2, -0.15) is 9.71 Å². The minimum atomic E-state index is -3.45. The monoisotopic (exact) mass is 356 g/mol. The summed E-state index contributed by atoms with van der Waals surface area (Å²) in [5, 5.41) is -0.101. The number of nitrogen functional groups attached to an aromatic ring is 1. The van der Waals surface area contributed by atoms with Gasteiger partial charge >= 0.3 is 7.60 Å². The van der Waals surface area contributed by atoms with Crippen molar-refractivity contribution >= 4 is 66.0 Å². The van der Waals surface area contributed by atoms with Crippen molar-refractivity contribution in [2.45, 2.75) is 5.25 Å². The Kier molecular flexibility index (Phi) is 5.59. The van der Waals surface area contributed by atoms with Gasteiger partial charge in [-0.25, -0.2) is 4.98 Å². The molecule has 1 radical (unpaired) electrons. The third-order valence-electron chi connectivity index (χ3n) is 2.73. The van der Waals surface area contributed by atoms with Crippen LogP contribution in [0.25, 0.3) is 11.2 Å². The van der Waals surface area contributed by atoms with Crippen LogP contribution in [0.15, 0.2) is 11.1 Å². The summed E-state index contributed by atoms with van der Waals surface area (Å²) in [5.41, 5.74) is 5.39. The molecule has 22 heavy (non-hydrogen) atoms. The Hall–Kier alpha value is -0.550. The second-order valence-electron chi connectivity index (χ2n) is 4.34. The summed E-state index contributed by atoms with van der Waals surface area (Å²) < 4.78 is 17.4. The Morgan fingerprint density at radius 3 is 3.14 bits per heavy atom. The first kappa shape index (κ1) is 17.8. The Bertz CT molecular complexity index is 769. The van der Waals surface area contributed by atoms with E-state index in [9.17, 15) is 14.3 Å². The van der Waals surface area contributed by atoms with E-state index in [1.54, 1.807) is 0 Å². The molecule has 2 unspecified atom stereocenters. The molecule has 2 atom stereocenters. The number of thioether (sulfide) groups is 1.